The first-order valence-corrected chi connectivity index (χ1v) is 6.30. The minimum Gasteiger partial charge on any atom is -0.340 e. The van der Waals surface area contributed by atoms with Crippen LogP contribution in [-0.2, 0) is 6.54 Å². The predicted molar refractivity (Wildman–Crippen MR) is 70.1 cm³/mol. The van der Waals surface area contributed by atoms with E-state index in [1.807, 2.05) is 11.3 Å². The van der Waals surface area contributed by atoms with Gasteiger partial charge in [-0.25, -0.2) is 0 Å². The molecule has 1 aromatic carbocycles. The van der Waals surface area contributed by atoms with Crippen LogP contribution in [0.5, 0.6) is 0 Å². The normalized spacial score (nSPS) is 11.1. The molecule has 0 bridgehead atoms. The molecule has 0 unspecified atom stereocenters. The monoisotopic (exact) mass is 227 g/mol. The quantitative estimate of drug-likeness (QED) is 0.622. The molecule has 2 heteroatoms. The number of rotatable bonds is 2. The summed E-state index contributed by atoms with van der Waals surface area (Å²) in [5.74, 6) is 0. The summed E-state index contributed by atoms with van der Waals surface area (Å²) >= 11 is 1.82. The lowest BCUT2D eigenvalue weighted by Crippen LogP contribution is -1.99. The minimum atomic E-state index is 0.983. The van der Waals surface area contributed by atoms with Gasteiger partial charge in [-0.1, -0.05) is 24.3 Å². The number of thiophene rings is 1. The summed E-state index contributed by atoms with van der Waals surface area (Å²) in [6, 6.07) is 15.1. The Morgan fingerprint density at radius 3 is 2.81 bits per heavy atom. The molecule has 2 heterocycles. The lowest BCUT2D eigenvalue weighted by atomic mass is 10.2. The third kappa shape index (κ3) is 1.55. The lowest BCUT2D eigenvalue weighted by molar-refractivity contribution is 0.817. The van der Waals surface area contributed by atoms with Crippen LogP contribution in [0.3, 0.4) is 0 Å². The van der Waals surface area contributed by atoms with E-state index in [4.69, 9.17) is 0 Å². The molecule has 0 N–H and O–H groups in total. The Morgan fingerprint density at radius 1 is 1.12 bits per heavy atom. The SMILES string of the molecule is Cc1cc2ccccc2n1Cc1cccs1. The first-order chi connectivity index (χ1) is 7.84. The molecule has 0 saturated heterocycles. The van der Waals surface area contributed by atoms with E-state index in [1.165, 1.54) is 21.5 Å². The minimum absolute atomic E-state index is 0.983. The number of aryl methyl sites for hydroxylation is 1. The van der Waals surface area contributed by atoms with Crippen molar-refractivity contribution in [3.63, 3.8) is 0 Å². The van der Waals surface area contributed by atoms with Crippen molar-refractivity contribution in [3.05, 3.63) is 58.4 Å². The van der Waals surface area contributed by atoms with E-state index >= 15 is 0 Å². The summed E-state index contributed by atoms with van der Waals surface area (Å²) in [4.78, 5) is 1.41. The van der Waals surface area contributed by atoms with E-state index < -0.39 is 0 Å². The van der Waals surface area contributed by atoms with E-state index in [0.29, 0.717) is 0 Å². The Labute approximate surface area is 99.0 Å². The van der Waals surface area contributed by atoms with Crippen LogP contribution in [0.15, 0.2) is 47.8 Å². The summed E-state index contributed by atoms with van der Waals surface area (Å²) < 4.78 is 2.38. The second-order valence-corrected chi connectivity index (χ2v) is 5.04. The molecule has 2 aromatic heterocycles. The molecule has 0 aliphatic heterocycles. The lowest BCUT2D eigenvalue weighted by Gasteiger charge is -2.06. The Kier molecular flexibility index (Phi) is 2.29. The highest BCUT2D eigenvalue weighted by Crippen LogP contribution is 2.21. The highest BCUT2D eigenvalue weighted by molar-refractivity contribution is 7.09. The van der Waals surface area contributed by atoms with Gasteiger partial charge < -0.3 is 4.57 Å². The van der Waals surface area contributed by atoms with Gasteiger partial charge in [0.15, 0.2) is 0 Å². The topological polar surface area (TPSA) is 4.93 Å². The van der Waals surface area contributed by atoms with Gasteiger partial charge in [0.1, 0.15) is 0 Å². The molecule has 0 fully saturated rings. The highest BCUT2D eigenvalue weighted by Gasteiger charge is 2.05. The van der Waals surface area contributed by atoms with Crippen LogP contribution in [0.25, 0.3) is 10.9 Å². The second kappa shape index (κ2) is 3.80. The van der Waals surface area contributed by atoms with Crippen LogP contribution in [0.1, 0.15) is 10.6 Å². The second-order valence-electron chi connectivity index (χ2n) is 4.01. The van der Waals surface area contributed by atoms with Gasteiger partial charge in [0, 0.05) is 16.1 Å². The Hall–Kier alpha value is -1.54. The van der Waals surface area contributed by atoms with Crippen molar-refractivity contribution in [3.8, 4) is 0 Å². The van der Waals surface area contributed by atoms with E-state index in [2.05, 4.69) is 59.3 Å². The van der Waals surface area contributed by atoms with Gasteiger partial charge in [0.2, 0.25) is 0 Å². The van der Waals surface area contributed by atoms with Crippen LogP contribution in [0.4, 0.5) is 0 Å². The molecule has 0 amide bonds. The molecule has 0 spiro atoms. The third-order valence-corrected chi connectivity index (χ3v) is 3.77. The van der Waals surface area contributed by atoms with Gasteiger partial charge in [-0.3, -0.25) is 0 Å². The zero-order chi connectivity index (χ0) is 11.0. The van der Waals surface area contributed by atoms with E-state index in [0.717, 1.165) is 6.54 Å². The largest absolute Gasteiger partial charge is 0.340 e. The Balaban J connectivity index is 2.12. The third-order valence-electron chi connectivity index (χ3n) is 2.91. The van der Waals surface area contributed by atoms with Crippen molar-refractivity contribution in [2.24, 2.45) is 0 Å². The number of hydrogen-bond donors (Lipinski definition) is 0. The van der Waals surface area contributed by atoms with E-state index in [9.17, 15) is 0 Å². The standard InChI is InChI=1S/C14H13NS/c1-11-9-12-5-2-3-7-14(12)15(11)10-13-6-4-8-16-13/h2-9H,10H2,1H3. The molecule has 0 aliphatic rings. The molecule has 80 valence electrons. The van der Waals surface area contributed by atoms with Gasteiger partial charge >= 0.3 is 0 Å². The summed E-state index contributed by atoms with van der Waals surface area (Å²) in [7, 11) is 0. The number of fused-ring (bicyclic) bond motifs is 1. The van der Waals surface area contributed by atoms with E-state index in [-0.39, 0.29) is 0 Å². The molecule has 3 aromatic rings. The molecule has 16 heavy (non-hydrogen) atoms. The maximum atomic E-state index is 2.38. The average Bonchev–Trinajstić information content (AvgIpc) is 2.89. The van der Waals surface area contributed by atoms with Gasteiger partial charge in [-0.05, 0) is 35.9 Å². The summed E-state index contributed by atoms with van der Waals surface area (Å²) in [5, 5.41) is 3.47. The first kappa shape index (κ1) is 9.67. The van der Waals surface area contributed by atoms with E-state index in [1.54, 1.807) is 0 Å². The fourth-order valence-electron chi connectivity index (χ4n) is 2.12. The van der Waals surface area contributed by atoms with Crippen LogP contribution in [0, 0.1) is 6.92 Å². The molecule has 0 radical (unpaired) electrons. The van der Waals surface area contributed by atoms with Crippen LogP contribution in [0.2, 0.25) is 0 Å². The molecule has 0 atom stereocenters. The first-order valence-electron chi connectivity index (χ1n) is 5.42. The van der Waals surface area contributed by atoms with Crippen molar-refractivity contribution < 1.29 is 0 Å². The predicted octanol–water partition coefficient (Wildman–Crippen LogP) is 4.06. The number of nitrogens with zero attached hydrogens (tertiary/aromatic N) is 1. The van der Waals surface area contributed by atoms with Crippen molar-refractivity contribution in [1.82, 2.24) is 4.57 Å². The maximum absolute atomic E-state index is 2.38. The highest BCUT2D eigenvalue weighted by atomic mass is 32.1. The fraction of sp³-hybridized carbons (Fsp3) is 0.143. The summed E-state index contributed by atoms with van der Waals surface area (Å²) in [6.07, 6.45) is 0. The van der Waals surface area contributed by atoms with Crippen LogP contribution < -0.4 is 0 Å². The van der Waals surface area contributed by atoms with Gasteiger partial charge in [0.25, 0.3) is 0 Å². The molecule has 0 saturated carbocycles. The summed E-state index contributed by atoms with van der Waals surface area (Å²) in [5.41, 5.74) is 2.66. The van der Waals surface area contributed by atoms with Crippen molar-refractivity contribution in [1.29, 1.82) is 0 Å². The summed E-state index contributed by atoms with van der Waals surface area (Å²) in [6.45, 7) is 3.16. The maximum Gasteiger partial charge on any atom is 0.0571 e. The number of para-hydroxylation sites is 1. The van der Waals surface area contributed by atoms with Crippen LogP contribution in [-0.4, -0.2) is 4.57 Å². The number of benzene rings is 1. The number of aromatic nitrogens is 1. The van der Waals surface area contributed by atoms with Crippen molar-refractivity contribution >= 4 is 22.2 Å². The van der Waals surface area contributed by atoms with Crippen LogP contribution >= 0.6 is 11.3 Å². The zero-order valence-electron chi connectivity index (χ0n) is 9.18. The smallest absolute Gasteiger partial charge is 0.0571 e. The molecular weight excluding hydrogens is 214 g/mol. The van der Waals surface area contributed by atoms with Crippen molar-refractivity contribution in [2.45, 2.75) is 13.5 Å². The van der Waals surface area contributed by atoms with Crippen molar-refractivity contribution in [2.75, 3.05) is 0 Å². The molecule has 1 nitrogen and oxygen atoms in total. The average molecular weight is 227 g/mol. The van der Waals surface area contributed by atoms with Gasteiger partial charge in [-0.2, -0.15) is 0 Å². The van der Waals surface area contributed by atoms with Gasteiger partial charge in [0.05, 0.1) is 6.54 Å². The van der Waals surface area contributed by atoms with Gasteiger partial charge in [-0.15, -0.1) is 11.3 Å². The number of hydrogen-bond acceptors (Lipinski definition) is 1. The Bertz CT molecular complexity index is 605. The Morgan fingerprint density at radius 2 is 2.00 bits per heavy atom. The molecule has 3 rings (SSSR count). The molecular formula is C14H13NS. The molecule has 0 aliphatic carbocycles. The zero-order valence-corrected chi connectivity index (χ0v) is 10.00. The fourth-order valence-corrected chi connectivity index (χ4v) is 2.81.